The second kappa shape index (κ2) is 10.7. The van der Waals surface area contributed by atoms with E-state index in [1.54, 1.807) is 7.11 Å². The summed E-state index contributed by atoms with van der Waals surface area (Å²) >= 11 is 0. The summed E-state index contributed by atoms with van der Waals surface area (Å²) in [6, 6.07) is 13.1. The molecule has 0 radical (unpaired) electrons. The summed E-state index contributed by atoms with van der Waals surface area (Å²) in [7, 11) is 1.72. The normalized spacial score (nSPS) is 22.0. The van der Waals surface area contributed by atoms with Crippen LogP contribution in [-0.2, 0) is 11.3 Å². The van der Waals surface area contributed by atoms with Gasteiger partial charge in [0, 0.05) is 70.1 Å². The molecule has 0 amide bonds. The van der Waals surface area contributed by atoms with Gasteiger partial charge in [0.15, 0.2) is 11.4 Å². The van der Waals surface area contributed by atoms with Gasteiger partial charge in [0.25, 0.3) is 0 Å². The number of methoxy groups -OCH3 is 1. The molecular weight excluding hydrogens is 430 g/mol. The van der Waals surface area contributed by atoms with Gasteiger partial charge in [-0.2, -0.15) is 0 Å². The first-order chi connectivity index (χ1) is 16.7. The van der Waals surface area contributed by atoms with Crippen LogP contribution in [0.25, 0.3) is 11.0 Å². The van der Waals surface area contributed by atoms with E-state index < -0.39 is 0 Å². The lowest BCUT2D eigenvalue weighted by Crippen LogP contribution is -2.57. The van der Waals surface area contributed by atoms with E-state index in [1.807, 2.05) is 30.5 Å². The van der Waals surface area contributed by atoms with Crippen LogP contribution in [0.5, 0.6) is 5.88 Å². The minimum Gasteiger partial charge on any atom is -0.477 e. The lowest BCUT2D eigenvalue weighted by molar-refractivity contribution is 0.0717. The third-order valence-corrected chi connectivity index (χ3v) is 7.00. The molecule has 1 aromatic carbocycles. The Morgan fingerprint density at radius 3 is 2.91 bits per heavy atom. The predicted octanol–water partition coefficient (Wildman–Crippen LogP) is 3.33. The number of nitrogens with one attached hydrogen (secondary N) is 1. The highest BCUT2D eigenvalue weighted by Crippen LogP contribution is 2.31. The Labute approximate surface area is 201 Å². The lowest BCUT2D eigenvalue weighted by atomic mass is 9.91. The molecule has 2 aliphatic rings. The average molecular weight is 466 g/mol. The number of hydrogen-bond donors (Lipinski definition) is 1. The Morgan fingerprint density at radius 2 is 2.06 bits per heavy atom. The molecule has 3 unspecified atom stereocenters. The van der Waals surface area contributed by atoms with E-state index >= 15 is 0 Å². The molecule has 5 rings (SSSR count). The van der Waals surface area contributed by atoms with Gasteiger partial charge in [-0.3, -0.25) is 4.90 Å². The van der Waals surface area contributed by atoms with Gasteiger partial charge in [0.2, 0.25) is 5.88 Å². The molecule has 1 N–H and O–H groups in total. The number of para-hydroxylation sites is 1. The smallest absolute Gasteiger partial charge is 0.213 e. The van der Waals surface area contributed by atoms with Crippen molar-refractivity contribution in [3.05, 3.63) is 48.2 Å². The molecule has 2 aromatic heterocycles. The number of piperazine rings is 1. The molecule has 34 heavy (non-hydrogen) atoms. The minimum atomic E-state index is 0.313. The van der Waals surface area contributed by atoms with Gasteiger partial charge in [-0.05, 0) is 37.5 Å². The Morgan fingerprint density at radius 1 is 1.15 bits per heavy atom. The van der Waals surface area contributed by atoms with Crippen molar-refractivity contribution in [2.24, 2.45) is 5.92 Å². The fourth-order valence-corrected chi connectivity index (χ4v) is 5.09. The molecule has 2 aliphatic heterocycles. The van der Waals surface area contributed by atoms with Crippen molar-refractivity contribution in [1.29, 1.82) is 0 Å². The number of fused-ring (bicyclic) bond motifs is 2. The molecule has 0 aliphatic carbocycles. The van der Waals surface area contributed by atoms with Crippen LogP contribution in [0.1, 0.15) is 25.3 Å². The number of nitrogens with zero attached hydrogens (tertiary/aromatic N) is 4. The van der Waals surface area contributed by atoms with Gasteiger partial charge in [-0.25, -0.2) is 4.98 Å². The maximum absolute atomic E-state index is 6.06. The summed E-state index contributed by atoms with van der Waals surface area (Å²) in [6.07, 6.45) is 4.25. The number of aromatic nitrogens is 2. The summed E-state index contributed by atoms with van der Waals surface area (Å²) in [5, 5.41) is 8.90. The van der Waals surface area contributed by atoms with Crippen molar-refractivity contribution in [2.75, 3.05) is 51.4 Å². The van der Waals surface area contributed by atoms with Gasteiger partial charge in [0.05, 0.1) is 18.6 Å². The number of ether oxygens (including phenoxy) is 2. The summed E-state index contributed by atoms with van der Waals surface area (Å²) in [5.41, 5.74) is 2.01. The zero-order valence-electron chi connectivity index (χ0n) is 20.2. The Balaban J connectivity index is 1.08. The van der Waals surface area contributed by atoms with Crippen LogP contribution in [0.2, 0.25) is 0 Å². The molecule has 0 saturated carbocycles. The molecule has 2 saturated heterocycles. The zero-order valence-corrected chi connectivity index (χ0v) is 20.2. The lowest BCUT2D eigenvalue weighted by Gasteiger charge is -2.46. The fourth-order valence-electron chi connectivity index (χ4n) is 5.09. The van der Waals surface area contributed by atoms with Crippen molar-refractivity contribution in [1.82, 2.24) is 20.4 Å². The van der Waals surface area contributed by atoms with E-state index in [0.717, 1.165) is 61.7 Å². The largest absolute Gasteiger partial charge is 0.477 e. The zero-order chi connectivity index (χ0) is 23.3. The first-order valence-corrected chi connectivity index (χ1v) is 12.3. The predicted molar refractivity (Wildman–Crippen MR) is 132 cm³/mol. The van der Waals surface area contributed by atoms with Crippen LogP contribution >= 0.6 is 0 Å². The van der Waals surface area contributed by atoms with E-state index in [4.69, 9.17) is 14.0 Å². The summed E-state index contributed by atoms with van der Waals surface area (Å²) in [6.45, 7) is 8.41. The fraction of sp³-hybridized carbons (Fsp3) is 0.538. The number of piperidine rings is 1. The van der Waals surface area contributed by atoms with Crippen LogP contribution in [0, 0.1) is 5.92 Å². The van der Waals surface area contributed by atoms with E-state index in [9.17, 15) is 0 Å². The van der Waals surface area contributed by atoms with Crippen LogP contribution in [-0.4, -0.2) is 73.6 Å². The van der Waals surface area contributed by atoms with Crippen molar-refractivity contribution in [2.45, 2.75) is 38.4 Å². The molecule has 3 atom stereocenters. The molecule has 0 spiro atoms. The van der Waals surface area contributed by atoms with Gasteiger partial charge >= 0.3 is 0 Å². The molecule has 182 valence electrons. The molecule has 0 bridgehead atoms. The Hall–Kier alpha value is -2.68. The second-order valence-corrected chi connectivity index (χ2v) is 9.59. The van der Waals surface area contributed by atoms with Gasteiger partial charge in [0.1, 0.15) is 0 Å². The molecule has 2 fully saturated rings. The quantitative estimate of drug-likeness (QED) is 0.516. The molecule has 4 heterocycles. The van der Waals surface area contributed by atoms with Crippen molar-refractivity contribution in [3.8, 4) is 5.88 Å². The highest BCUT2D eigenvalue weighted by Gasteiger charge is 2.34. The third-order valence-electron chi connectivity index (χ3n) is 7.00. The Bertz CT molecular complexity index is 1060. The van der Waals surface area contributed by atoms with Crippen molar-refractivity contribution < 1.29 is 14.0 Å². The maximum Gasteiger partial charge on any atom is 0.213 e. The summed E-state index contributed by atoms with van der Waals surface area (Å²) in [4.78, 5) is 9.52. The summed E-state index contributed by atoms with van der Waals surface area (Å²) < 4.78 is 16.8. The van der Waals surface area contributed by atoms with Crippen LogP contribution < -0.4 is 15.0 Å². The topological polar surface area (TPSA) is 75.9 Å². The molecule has 8 heteroatoms. The van der Waals surface area contributed by atoms with Gasteiger partial charge in [-0.1, -0.05) is 23.4 Å². The van der Waals surface area contributed by atoms with E-state index in [2.05, 4.69) is 44.3 Å². The van der Waals surface area contributed by atoms with E-state index in [1.165, 1.54) is 12.8 Å². The highest BCUT2D eigenvalue weighted by molar-refractivity contribution is 5.88. The average Bonchev–Trinajstić information content (AvgIpc) is 3.31. The maximum atomic E-state index is 6.06. The SMILES string of the molecule is COCC(C)NCc1ccc(OCC2CCC3CN(c4noc5ccccc45)CCN3C2)nc1. The second-order valence-electron chi connectivity index (χ2n) is 9.59. The van der Waals surface area contributed by atoms with E-state index in [0.29, 0.717) is 30.5 Å². The number of benzene rings is 1. The molecule has 3 aromatic rings. The van der Waals surface area contributed by atoms with Gasteiger partial charge < -0.3 is 24.2 Å². The highest BCUT2D eigenvalue weighted by atomic mass is 16.5. The first-order valence-electron chi connectivity index (χ1n) is 12.3. The first kappa shape index (κ1) is 23.1. The Kier molecular flexibility index (Phi) is 7.27. The third kappa shape index (κ3) is 5.35. The summed E-state index contributed by atoms with van der Waals surface area (Å²) in [5.74, 6) is 2.23. The number of rotatable bonds is 9. The standard InChI is InChI=1S/C26H35N5O3/c1-19(17-32-2)27-13-20-8-10-25(28-14-20)33-18-21-7-9-22-16-31(12-11-30(22)15-21)26-23-5-3-4-6-24(23)34-29-26/h3-6,8,10,14,19,21-22,27H,7,9,11-13,15-18H2,1-2H3. The molecular formula is C26H35N5O3. The van der Waals surface area contributed by atoms with Gasteiger partial charge in [-0.15, -0.1) is 0 Å². The van der Waals surface area contributed by atoms with E-state index in [-0.39, 0.29) is 0 Å². The number of hydrogen-bond acceptors (Lipinski definition) is 8. The van der Waals surface area contributed by atoms with Crippen molar-refractivity contribution >= 4 is 16.8 Å². The van der Waals surface area contributed by atoms with Crippen LogP contribution in [0.4, 0.5) is 5.82 Å². The van der Waals surface area contributed by atoms with Crippen molar-refractivity contribution in [3.63, 3.8) is 0 Å². The number of pyridine rings is 1. The monoisotopic (exact) mass is 465 g/mol. The molecule has 8 nitrogen and oxygen atoms in total. The van der Waals surface area contributed by atoms with Crippen LogP contribution in [0.3, 0.4) is 0 Å². The minimum absolute atomic E-state index is 0.313. The van der Waals surface area contributed by atoms with Crippen LogP contribution in [0.15, 0.2) is 47.1 Å². The number of anilines is 1.